The van der Waals surface area contributed by atoms with Crippen molar-refractivity contribution in [3.8, 4) is 0 Å². The molecule has 0 saturated carbocycles. The molecule has 8 N–H and O–H groups in total. The molecule has 6 aromatic rings. The van der Waals surface area contributed by atoms with Crippen LogP contribution in [0.1, 0.15) is 219 Å². The second-order valence-electron chi connectivity index (χ2n) is 23.5. The number of nitrogens with one attached hydrogen (secondary N) is 4. The highest BCUT2D eigenvalue weighted by Gasteiger charge is 2.43. The van der Waals surface area contributed by atoms with Crippen LogP contribution in [0.25, 0.3) is 0 Å². The van der Waals surface area contributed by atoms with E-state index in [4.69, 9.17) is 0 Å². The van der Waals surface area contributed by atoms with Gasteiger partial charge in [-0.3, -0.25) is 38.4 Å². The number of amides is 8. The van der Waals surface area contributed by atoms with Crippen LogP contribution < -0.4 is 21.3 Å². The molecular formula is C75H83F9N8O16. The van der Waals surface area contributed by atoms with E-state index in [-0.39, 0.29) is 62.6 Å². The van der Waals surface area contributed by atoms with Crippen LogP contribution in [0.5, 0.6) is 0 Å². The molecule has 3 heterocycles. The van der Waals surface area contributed by atoms with E-state index in [2.05, 4.69) is 16.0 Å². The summed E-state index contributed by atoms with van der Waals surface area (Å²) in [4.78, 5) is 156. The van der Waals surface area contributed by atoms with Crippen LogP contribution in [-0.2, 0) is 18.5 Å². The maximum Gasteiger partial charge on any atom is 0.417 e. The minimum Gasteiger partial charge on any atom is -0.478 e. The van der Waals surface area contributed by atoms with Gasteiger partial charge in [-0.15, -0.1) is 0 Å². The van der Waals surface area contributed by atoms with Gasteiger partial charge in [-0.25, -0.2) is 19.2 Å². The molecule has 3 fully saturated rings. The molecule has 33 heteroatoms. The first kappa shape index (κ1) is 88.7. The molecule has 3 aliphatic rings. The number of anilines is 2. The van der Waals surface area contributed by atoms with Crippen LogP contribution in [0.2, 0.25) is 0 Å². The van der Waals surface area contributed by atoms with Gasteiger partial charge in [-0.05, 0) is 123 Å². The number of alkyl halides is 9. The first-order valence-electron chi connectivity index (χ1n) is 33.9. The van der Waals surface area contributed by atoms with Crippen LogP contribution in [0.4, 0.5) is 50.9 Å². The molecule has 24 nitrogen and oxygen atoms in total. The monoisotopic (exact) mass is 1520 g/mol. The zero-order valence-corrected chi connectivity index (χ0v) is 61.1. The third-order valence-electron chi connectivity index (χ3n) is 16.6. The normalized spacial score (nSPS) is 14.4. The highest BCUT2D eigenvalue weighted by Crippen LogP contribution is 2.39. The second kappa shape index (κ2) is 38.0. The number of nitrogens with zero attached hydrogens (tertiary/aromatic N) is 4. The maximum absolute atomic E-state index is 14.4. The summed E-state index contributed by atoms with van der Waals surface area (Å²) in [5.41, 5.74) is -10.2. The third-order valence-corrected chi connectivity index (χ3v) is 16.6. The van der Waals surface area contributed by atoms with Crippen molar-refractivity contribution in [2.75, 3.05) is 77.1 Å². The smallest absolute Gasteiger partial charge is 0.417 e. The van der Waals surface area contributed by atoms with E-state index in [0.29, 0.717) is 61.5 Å². The molecule has 0 spiro atoms. The summed E-state index contributed by atoms with van der Waals surface area (Å²) >= 11 is 0. The number of piperazine rings is 1. The molecule has 6 aromatic carbocycles. The van der Waals surface area contributed by atoms with Crippen molar-refractivity contribution >= 4 is 82.5 Å². The molecule has 582 valence electrons. The Hall–Kier alpha value is -11.7. The Morgan fingerprint density at radius 3 is 0.880 bits per heavy atom. The summed E-state index contributed by atoms with van der Waals surface area (Å²) < 4.78 is 126. The summed E-state index contributed by atoms with van der Waals surface area (Å²) in [5.74, 6) is -14.7. The van der Waals surface area contributed by atoms with Crippen molar-refractivity contribution in [1.82, 2.24) is 30.2 Å². The van der Waals surface area contributed by atoms with E-state index in [0.717, 1.165) is 64.4 Å². The highest BCUT2D eigenvalue weighted by atomic mass is 19.4. The fourth-order valence-corrected chi connectivity index (χ4v) is 11.9. The predicted octanol–water partition coefficient (Wildman–Crippen LogP) is 13.3. The molecule has 0 aromatic heterocycles. The number of benzene rings is 6. The number of carbonyl (C=O) groups is 12. The first-order chi connectivity index (χ1) is 50.7. The number of hydrogen-bond acceptors (Lipinski definition) is 12. The third kappa shape index (κ3) is 21.3. The lowest BCUT2D eigenvalue weighted by Gasteiger charge is -2.46. The van der Waals surface area contributed by atoms with Crippen molar-refractivity contribution in [2.45, 2.75) is 101 Å². The Morgan fingerprint density at radius 2 is 0.593 bits per heavy atom. The lowest BCUT2D eigenvalue weighted by Crippen LogP contribution is -2.55. The van der Waals surface area contributed by atoms with Crippen LogP contribution >= 0.6 is 0 Å². The number of carboxylic acid groups (broad SMARTS) is 4. The summed E-state index contributed by atoms with van der Waals surface area (Å²) in [6, 6.07) is 15.8. The molecule has 9 rings (SSSR count). The number of carboxylic acids is 4. The highest BCUT2D eigenvalue weighted by molar-refractivity contribution is 6.16. The van der Waals surface area contributed by atoms with Crippen LogP contribution in [0.3, 0.4) is 0 Å². The maximum atomic E-state index is 14.4. The molecule has 3 saturated heterocycles. The van der Waals surface area contributed by atoms with Crippen molar-refractivity contribution in [3.05, 3.63) is 197 Å². The van der Waals surface area contributed by atoms with E-state index in [9.17, 15) is 117 Å². The van der Waals surface area contributed by atoms with Crippen LogP contribution in [-0.4, -0.2) is 178 Å². The SMILES string of the molecule is CC.CC.CC.CC.CNC(=O)c1cc(C(=O)O)c(C(=O)Nc2ccc(C(=O)N3CC4CC(CN(C(=O)c5ccc(C)cc5C)C4)C3)c(C(F)(F)F)c2)cc1C(=O)O.CNC(=O)c1cc(C(=O)O)c(C(=O)Nc2ccc(C(=O)N3CCN(C(=O)c4ccc(C)cc4C(F)(F)F)CC3)c(C(F)(F)F)c2)cc1C(=O)O. The van der Waals surface area contributed by atoms with Gasteiger partial charge in [0.2, 0.25) is 0 Å². The Kier molecular flexibility index (Phi) is 31.3. The van der Waals surface area contributed by atoms with Gasteiger partial charge in [-0.1, -0.05) is 84.7 Å². The van der Waals surface area contributed by atoms with Gasteiger partial charge in [0.1, 0.15) is 0 Å². The topological polar surface area (TPSA) is 347 Å². The van der Waals surface area contributed by atoms with Crippen LogP contribution in [0.15, 0.2) is 97.1 Å². The quantitative estimate of drug-likeness (QED) is 0.0470. The standard InChI is InChI=1S/C35H33F3N4O8.C32H26F6N4O8.4C2H6/c1-17-4-6-22(18(2)8-17)31(45)41-13-19-9-20(14-41)16-42(15-19)32(46)23-7-5-21(10-28(23)35(36,37)38)40-30(44)25-12-26(33(47)48)24(29(43)39-3)11-27(25)34(49)50;1-15-3-5-17(23(11-15)31(33,34)35)27(45)41-7-9-42(10-8-41)28(46)18-6-4-16(12-24(18)32(36,37)38)40-26(44)20-14-21(29(47)48)19(25(43)39-2)13-22(20)30(49)50;4*1-2/h4-8,10-12,19-20H,9,13-16H2,1-3H3,(H,39,43)(H,40,44)(H,47,48)(H,49,50);3-6,11-14H,7-10H2,1-2H3,(H,39,43)(H,40,44)(H,47,48)(H,49,50);4*1-2H3. The minimum atomic E-state index is -5.17. The number of aryl methyl sites for hydroxylation is 3. The zero-order chi connectivity index (χ0) is 81.9. The van der Waals surface area contributed by atoms with E-state index in [1.165, 1.54) is 24.9 Å². The lowest BCUT2D eigenvalue weighted by atomic mass is 9.84. The summed E-state index contributed by atoms with van der Waals surface area (Å²) in [5, 5.41) is 46.8. The Balaban J connectivity index is 0.000000418. The van der Waals surface area contributed by atoms with Gasteiger partial charge < -0.3 is 61.3 Å². The number of halogens is 9. The summed E-state index contributed by atoms with van der Waals surface area (Å²) in [6.45, 7) is 21.0. The van der Waals surface area contributed by atoms with Crippen molar-refractivity contribution in [2.24, 2.45) is 11.8 Å². The Morgan fingerprint density at radius 1 is 0.333 bits per heavy atom. The fraction of sp³-hybridized carbons (Fsp3) is 0.360. The fourth-order valence-electron chi connectivity index (χ4n) is 11.9. The number of carbonyl (C=O) groups excluding carboxylic acids is 8. The van der Waals surface area contributed by atoms with E-state index >= 15 is 0 Å². The molecule has 8 amide bonds. The number of piperidine rings is 2. The number of likely N-dealkylation sites (tertiary alicyclic amines) is 2. The minimum absolute atomic E-state index is 0.133. The molecule has 2 bridgehead atoms. The molecule has 3 aliphatic heterocycles. The van der Waals surface area contributed by atoms with E-state index in [1.807, 2.05) is 86.7 Å². The van der Waals surface area contributed by atoms with Gasteiger partial charge in [-0.2, -0.15) is 39.5 Å². The number of hydrogen-bond donors (Lipinski definition) is 8. The van der Waals surface area contributed by atoms with Gasteiger partial charge in [0, 0.05) is 83.4 Å². The Labute approximate surface area is 615 Å². The van der Waals surface area contributed by atoms with Gasteiger partial charge >= 0.3 is 42.4 Å². The zero-order valence-electron chi connectivity index (χ0n) is 61.1. The average molecular weight is 1520 g/mol. The number of fused-ring (bicyclic) bond motifs is 2. The molecule has 2 unspecified atom stereocenters. The van der Waals surface area contributed by atoms with Gasteiger partial charge in [0.15, 0.2) is 0 Å². The number of aromatic carboxylic acids is 4. The van der Waals surface area contributed by atoms with Crippen molar-refractivity contribution in [1.29, 1.82) is 0 Å². The molecule has 2 atom stereocenters. The summed E-state index contributed by atoms with van der Waals surface area (Å²) in [6.07, 6.45) is -14.3. The Bertz CT molecular complexity index is 4400. The summed E-state index contributed by atoms with van der Waals surface area (Å²) in [7, 11) is 2.33. The average Bonchev–Trinajstić information content (AvgIpc) is 0.786. The predicted molar refractivity (Wildman–Crippen MR) is 379 cm³/mol. The van der Waals surface area contributed by atoms with E-state index < -0.39 is 173 Å². The van der Waals surface area contributed by atoms with Gasteiger partial charge in [0.05, 0.1) is 77.9 Å². The molecular weight excluding hydrogens is 1440 g/mol. The first-order valence-corrected chi connectivity index (χ1v) is 33.9. The van der Waals surface area contributed by atoms with E-state index in [1.54, 1.807) is 11.0 Å². The van der Waals surface area contributed by atoms with Crippen LogP contribution in [0, 0.1) is 32.6 Å². The molecule has 0 radical (unpaired) electrons. The van der Waals surface area contributed by atoms with Crippen molar-refractivity contribution < 1.29 is 117 Å². The largest absolute Gasteiger partial charge is 0.478 e. The molecule has 0 aliphatic carbocycles. The number of rotatable bonds is 14. The van der Waals surface area contributed by atoms with Crippen molar-refractivity contribution in [3.63, 3.8) is 0 Å². The lowest BCUT2D eigenvalue weighted by molar-refractivity contribution is -0.138. The molecule has 108 heavy (non-hydrogen) atoms. The second-order valence-corrected chi connectivity index (χ2v) is 23.5. The van der Waals surface area contributed by atoms with Gasteiger partial charge in [0.25, 0.3) is 47.3 Å².